The number of aromatic nitrogens is 1. The van der Waals surface area contributed by atoms with Gasteiger partial charge in [0.25, 0.3) is 0 Å². The summed E-state index contributed by atoms with van der Waals surface area (Å²) < 4.78 is 1.19. The Hall–Kier alpha value is -3.45. The van der Waals surface area contributed by atoms with Crippen molar-refractivity contribution in [1.29, 1.82) is 0 Å². The van der Waals surface area contributed by atoms with Crippen LogP contribution in [0.4, 0.5) is 10.5 Å². The SMILES string of the molecule is [NH3+]CCCNC(=O)n1c(O)c(C2=Nc3ccccc3C2=O)c2ccccc21. The summed E-state index contributed by atoms with van der Waals surface area (Å²) in [4.78, 5) is 29.9. The van der Waals surface area contributed by atoms with E-state index in [1.807, 2.05) is 0 Å². The summed E-state index contributed by atoms with van der Waals surface area (Å²) in [5, 5.41) is 14.2. The summed E-state index contributed by atoms with van der Waals surface area (Å²) >= 11 is 0. The van der Waals surface area contributed by atoms with E-state index in [2.05, 4.69) is 16.0 Å². The number of hydrogen-bond donors (Lipinski definition) is 3. The molecule has 7 nitrogen and oxygen atoms in total. The Morgan fingerprint density at radius 1 is 1.15 bits per heavy atom. The van der Waals surface area contributed by atoms with Gasteiger partial charge in [-0.1, -0.05) is 30.3 Å². The fourth-order valence-electron chi connectivity index (χ4n) is 3.30. The Balaban J connectivity index is 1.85. The molecule has 136 valence electrons. The van der Waals surface area contributed by atoms with Gasteiger partial charge in [0, 0.05) is 23.9 Å². The zero-order chi connectivity index (χ0) is 19.0. The Morgan fingerprint density at radius 3 is 2.67 bits per heavy atom. The minimum atomic E-state index is -0.452. The number of benzene rings is 2. The Kier molecular flexibility index (Phi) is 4.21. The minimum absolute atomic E-state index is 0.147. The molecule has 1 aliphatic rings. The number of rotatable bonds is 4. The van der Waals surface area contributed by atoms with E-state index in [1.165, 1.54) is 4.57 Å². The number of carbonyl (C=O) groups is 2. The molecule has 0 aliphatic carbocycles. The molecular weight excluding hydrogens is 344 g/mol. The quantitative estimate of drug-likeness (QED) is 0.615. The fraction of sp³-hybridized carbons (Fsp3) is 0.150. The number of aromatic hydroxyl groups is 1. The highest BCUT2D eigenvalue weighted by Crippen LogP contribution is 2.37. The van der Waals surface area contributed by atoms with E-state index in [1.54, 1.807) is 48.5 Å². The van der Waals surface area contributed by atoms with Crippen molar-refractivity contribution >= 4 is 34.1 Å². The van der Waals surface area contributed by atoms with Crippen LogP contribution in [0, 0.1) is 0 Å². The summed E-state index contributed by atoms with van der Waals surface area (Å²) in [5.41, 5.74) is 5.74. The molecular formula is C20H19N4O3+. The van der Waals surface area contributed by atoms with Gasteiger partial charge in [-0.3, -0.25) is 4.79 Å². The van der Waals surface area contributed by atoms with E-state index in [4.69, 9.17) is 0 Å². The van der Waals surface area contributed by atoms with Gasteiger partial charge >= 0.3 is 6.03 Å². The third-order valence-corrected chi connectivity index (χ3v) is 4.59. The molecule has 0 bridgehead atoms. The predicted octanol–water partition coefficient (Wildman–Crippen LogP) is 1.85. The van der Waals surface area contributed by atoms with Gasteiger partial charge in [0.1, 0.15) is 5.71 Å². The van der Waals surface area contributed by atoms with Gasteiger partial charge in [-0.25, -0.2) is 14.4 Å². The summed E-state index contributed by atoms with van der Waals surface area (Å²) in [5.74, 6) is -0.551. The molecule has 4 rings (SSSR count). The number of nitrogens with one attached hydrogen (secondary N) is 1. The molecule has 1 aliphatic heterocycles. The molecule has 3 aromatic rings. The lowest BCUT2D eigenvalue weighted by atomic mass is 10.0. The molecule has 0 saturated heterocycles. The number of nitrogens with zero attached hydrogens (tertiary/aromatic N) is 2. The Labute approximate surface area is 155 Å². The van der Waals surface area contributed by atoms with Crippen LogP contribution in [0.15, 0.2) is 53.5 Å². The highest BCUT2D eigenvalue weighted by atomic mass is 16.3. The zero-order valence-electron chi connectivity index (χ0n) is 14.6. The third kappa shape index (κ3) is 2.69. The van der Waals surface area contributed by atoms with E-state index in [0.717, 1.165) is 6.42 Å². The number of Topliss-reactive ketones (excluding diaryl/α,β-unsaturated/α-hetero) is 1. The maximum absolute atomic E-state index is 12.8. The normalized spacial score (nSPS) is 12.9. The highest BCUT2D eigenvalue weighted by Gasteiger charge is 2.32. The van der Waals surface area contributed by atoms with Gasteiger partial charge in [0.2, 0.25) is 11.7 Å². The van der Waals surface area contributed by atoms with E-state index in [9.17, 15) is 14.7 Å². The second-order valence-electron chi connectivity index (χ2n) is 6.30. The largest absolute Gasteiger partial charge is 0.494 e. The molecule has 0 spiro atoms. The summed E-state index contributed by atoms with van der Waals surface area (Å²) in [7, 11) is 0. The van der Waals surface area contributed by atoms with Crippen molar-refractivity contribution in [3.8, 4) is 5.88 Å². The maximum Gasteiger partial charge on any atom is 0.328 e. The van der Waals surface area contributed by atoms with Crippen molar-refractivity contribution in [3.05, 3.63) is 59.7 Å². The second kappa shape index (κ2) is 6.69. The first-order chi connectivity index (χ1) is 13.1. The number of amides is 1. The van der Waals surface area contributed by atoms with Gasteiger partial charge in [0.05, 0.1) is 23.3 Å². The van der Waals surface area contributed by atoms with Crippen LogP contribution in [0.2, 0.25) is 0 Å². The lowest BCUT2D eigenvalue weighted by Crippen LogP contribution is -2.51. The van der Waals surface area contributed by atoms with Crippen molar-refractivity contribution in [2.24, 2.45) is 4.99 Å². The molecule has 2 aromatic carbocycles. The molecule has 0 fully saturated rings. The molecule has 27 heavy (non-hydrogen) atoms. The lowest BCUT2D eigenvalue weighted by molar-refractivity contribution is -0.367. The fourth-order valence-corrected chi connectivity index (χ4v) is 3.30. The molecule has 7 heteroatoms. The number of hydrogen-bond acceptors (Lipinski definition) is 4. The average Bonchev–Trinajstić information content (AvgIpc) is 3.15. The van der Waals surface area contributed by atoms with Gasteiger partial charge in [-0.05, 0) is 18.2 Å². The molecule has 0 atom stereocenters. The molecule has 0 radical (unpaired) electrons. The van der Waals surface area contributed by atoms with Crippen LogP contribution in [0.1, 0.15) is 22.3 Å². The van der Waals surface area contributed by atoms with Crippen LogP contribution in [0.3, 0.4) is 0 Å². The van der Waals surface area contributed by atoms with Crippen LogP contribution < -0.4 is 11.1 Å². The van der Waals surface area contributed by atoms with Crippen molar-refractivity contribution in [2.45, 2.75) is 6.42 Å². The molecule has 1 aromatic heterocycles. The van der Waals surface area contributed by atoms with Crippen LogP contribution in [0.25, 0.3) is 10.9 Å². The van der Waals surface area contributed by atoms with E-state index in [-0.39, 0.29) is 22.9 Å². The molecule has 0 unspecified atom stereocenters. The first-order valence-electron chi connectivity index (χ1n) is 8.76. The van der Waals surface area contributed by atoms with Gasteiger partial charge in [0.15, 0.2) is 0 Å². The smallest absolute Gasteiger partial charge is 0.328 e. The van der Waals surface area contributed by atoms with E-state index >= 15 is 0 Å². The topological polar surface area (TPSA) is 111 Å². The number of carbonyl (C=O) groups excluding carboxylic acids is 2. The number of ketones is 1. The monoisotopic (exact) mass is 363 g/mol. The van der Waals surface area contributed by atoms with Crippen LogP contribution in [-0.4, -0.2) is 40.3 Å². The third-order valence-electron chi connectivity index (χ3n) is 4.59. The minimum Gasteiger partial charge on any atom is -0.494 e. The van der Waals surface area contributed by atoms with Gasteiger partial charge < -0.3 is 16.2 Å². The molecule has 0 saturated carbocycles. The maximum atomic E-state index is 12.8. The molecule has 2 heterocycles. The molecule has 5 N–H and O–H groups in total. The van der Waals surface area contributed by atoms with Crippen LogP contribution in [0.5, 0.6) is 5.88 Å². The highest BCUT2D eigenvalue weighted by molar-refractivity contribution is 6.56. The standard InChI is InChI=1S/C20H18N4O3/c21-10-5-11-22-20(27)24-15-9-4-2-7-13(15)16(19(24)26)17-18(25)12-6-1-3-8-14(12)23-17/h1-4,6-9,26H,5,10-11,21H2,(H,22,27)/p+1. The summed E-state index contributed by atoms with van der Waals surface area (Å²) in [6, 6.07) is 13.6. The Bertz CT molecular complexity index is 1100. The number of fused-ring (bicyclic) bond motifs is 2. The van der Waals surface area contributed by atoms with Gasteiger partial charge in [-0.15, -0.1) is 0 Å². The van der Waals surface area contributed by atoms with E-state index < -0.39 is 6.03 Å². The van der Waals surface area contributed by atoms with E-state index in [0.29, 0.717) is 35.2 Å². The van der Waals surface area contributed by atoms with Crippen molar-refractivity contribution in [3.63, 3.8) is 0 Å². The van der Waals surface area contributed by atoms with Crippen LogP contribution in [-0.2, 0) is 0 Å². The average molecular weight is 363 g/mol. The van der Waals surface area contributed by atoms with Crippen molar-refractivity contribution in [2.75, 3.05) is 13.1 Å². The predicted molar refractivity (Wildman–Crippen MR) is 102 cm³/mol. The van der Waals surface area contributed by atoms with Crippen molar-refractivity contribution in [1.82, 2.24) is 9.88 Å². The number of para-hydroxylation sites is 2. The second-order valence-corrected chi connectivity index (χ2v) is 6.30. The Morgan fingerprint density at radius 2 is 1.89 bits per heavy atom. The lowest BCUT2D eigenvalue weighted by Gasteiger charge is -2.07. The summed E-state index contributed by atoms with van der Waals surface area (Å²) in [6.45, 7) is 1.16. The first kappa shape index (κ1) is 17.0. The zero-order valence-corrected chi connectivity index (χ0v) is 14.6. The first-order valence-corrected chi connectivity index (χ1v) is 8.76. The molecule has 1 amide bonds. The van der Waals surface area contributed by atoms with Crippen LogP contribution >= 0.6 is 0 Å². The number of aliphatic imine (C=N–C) groups is 1. The summed E-state index contributed by atoms with van der Waals surface area (Å²) in [6.07, 6.45) is 0.735. The van der Waals surface area contributed by atoms with Crippen molar-refractivity contribution < 1.29 is 20.4 Å². The number of quaternary nitrogens is 1. The van der Waals surface area contributed by atoms with Gasteiger partial charge in [-0.2, -0.15) is 0 Å².